The number of nitrogens with zero attached hydrogens (tertiary/aromatic N) is 3. The lowest BCUT2D eigenvalue weighted by molar-refractivity contribution is 0.0950. The third kappa shape index (κ3) is 2.31. The summed E-state index contributed by atoms with van der Waals surface area (Å²) in [4.78, 5) is 28.0. The Morgan fingerprint density at radius 3 is 3.09 bits per heavy atom. The monoisotopic (exact) mass is 309 g/mol. The minimum Gasteiger partial charge on any atom is -0.356 e. The normalized spacial score (nSPS) is 11.1. The number of carbonyl (C=O) groups excluding carboxylic acids is 1. The van der Waals surface area contributed by atoms with E-state index in [-0.39, 0.29) is 5.91 Å². The molecule has 0 atom stereocenters. The van der Waals surface area contributed by atoms with Gasteiger partial charge in [0.25, 0.3) is 5.91 Å². The molecule has 6 nitrogen and oxygen atoms in total. The molecule has 7 heteroatoms. The van der Waals surface area contributed by atoms with Gasteiger partial charge in [-0.3, -0.25) is 14.8 Å². The molecule has 4 aromatic heterocycles. The zero-order chi connectivity index (χ0) is 14.9. The average Bonchev–Trinajstić information content (AvgIpc) is 3.15. The first-order chi connectivity index (χ1) is 10.8. The minimum absolute atomic E-state index is 0.187. The number of aromatic amines is 1. The number of fused-ring (bicyclic) bond motifs is 2. The van der Waals surface area contributed by atoms with E-state index in [4.69, 9.17) is 0 Å². The van der Waals surface area contributed by atoms with Crippen LogP contribution in [0.3, 0.4) is 0 Å². The average molecular weight is 309 g/mol. The van der Waals surface area contributed by atoms with E-state index in [2.05, 4.69) is 25.3 Å². The van der Waals surface area contributed by atoms with Crippen LogP contribution in [0.1, 0.15) is 15.5 Å². The molecule has 2 N–H and O–H groups in total. The van der Waals surface area contributed by atoms with Crippen LogP contribution in [0.4, 0.5) is 0 Å². The van der Waals surface area contributed by atoms with Crippen molar-refractivity contribution in [3.8, 4) is 0 Å². The molecule has 0 saturated heterocycles. The number of carbonyl (C=O) groups is 1. The molecule has 0 aliphatic rings. The van der Waals surface area contributed by atoms with Crippen LogP contribution in [0.25, 0.3) is 21.3 Å². The van der Waals surface area contributed by atoms with E-state index in [0.717, 1.165) is 26.9 Å². The molecule has 4 aromatic rings. The highest BCUT2D eigenvalue weighted by atomic mass is 32.1. The maximum atomic E-state index is 12.2. The van der Waals surface area contributed by atoms with Gasteiger partial charge in [-0.15, -0.1) is 11.3 Å². The van der Waals surface area contributed by atoms with Gasteiger partial charge in [-0.25, -0.2) is 4.98 Å². The van der Waals surface area contributed by atoms with Crippen LogP contribution >= 0.6 is 11.3 Å². The second kappa shape index (κ2) is 5.19. The highest BCUT2D eigenvalue weighted by Crippen LogP contribution is 2.20. The molecule has 0 saturated carbocycles. The molecule has 4 rings (SSSR count). The summed E-state index contributed by atoms with van der Waals surface area (Å²) in [5, 5.41) is 3.31. The Kier molecular flexibility index (Phi) is 3.05. The molecule has 0 unspecified atom stereocenters. The van der Waals surface area contributed by atoms with Gasteiger partial charge in [0.15, 0.2) is 5.01 Å². The molecule has 22 heavy (non-hydrogen) atoms. The number of amides is 1. The lowest BCUT2D eigenvalue weighted by atomic mass is 10.3. The van der Waals surface area contributed by atoms with Crippen molar-refractivity contribution >= 4 is 38.5 Å². The molecule has 0 aromatic carbocycles. The number of H-pyrrole nitrogens is 1. The molecule has 0 fully saturated rings. The SMILES string of the molecule is O=C(NCc1cc2ncccc2[nH]1)c1nc2cnccc2s1. The second-order valence-electron chi connectivity index (χ2n) is 4.78. The Bertz CT molecular complexity index is 908. The van der Waals surface area contributed by atoms with Crippen LogP contribution in [-0.4, -0.2) is 25.8 Å². The van der Waals surface area contributed by atoms with Gasteiger partial charge in [0.2, 0.25) is 0 Å². The van der Waals surface area contributed by atoms with Crippen LogP contribution in [0.15, 0.2) is 42.9 Å². The highest BCUT2D eigenvalue weighted by Gasteiger charge is 2.12. The summed E-state index contributed by atoms with van der Waals surface area (Å²) in [6, 6.07) is 7.61. The number of hydrogen-bond donors (Lipinski definition) is 2. The van der Waals surface area contributed by atoms with Crippen LogP contribution in [0.2, 0.25) is 0 Å². The quantitative estimate of drug-likeness (QED) is 0.609. The van der Waals surface area contributed by atoms with Gasteiger partial charge >= 0.3 is 0 Å². The van der Waals surface area contributed by atoms with Crippen molar-refractivity contribution in [2.24, 2.45) is 0 Å². The summed E-state index contributed by atoms with van der Waals surface area (Å²) in [5.74, 6) is -0.187. The fourth-order valence-corrected chi connectivity index (χ4v) is 3.08. The highest BCUT2D eigenvalue weighted by molar-refractivity contribution is 7.20. The number of nitrogens with one attached hydrogen (secondary N) is 2. The number of rotatable bonds is 3. The van der Waals surface area contributed by atoms with Gasteiger partial charge in [-0.05, 0) is 24.3 Å². The van der Waals surface area contributed by atoms with Crippen molar-refractivity contribution in [2.45, 2.75) is 6.54 Å². The van der Waals surface area contributed by atoms with Crippen molar-refractivity contribution in [3.63, 3.8) is 0 Å². The van der Waals surface area contributed by atoms with E-state index >= 15 is 0 Å². The lowest BCUT2D eigenvalue weighted by Gasteiger charge is -2.00. The van der Waals surface area contributed by atoms with Gasteiger partial charge in [0.05, 0.1) is 28.5 Å². The number of thiazole rings is 1. The zero-order valence-corrected chi connectivity index (χ0v) is 12.2. The molecular formula is C15H11N5OS. The first kappa shape index (κ1) is 12.9. The van der Waals surface area contributed by atoms with Gasteiger partial charge in [0, 0.05) is 18.1 Å². The number of pyridine rings is 2. The molecule has 1 amide bonds. The van der Waals surface area contributed by atoms with Crippen molar-refractivity contribution < 1.29 is 4.79 Å². The molecule has 0 spiro atoms. The Morgan fingerprint density at radius 2 is 2.23 bits per heavy atom. The third-order valence-electron chi connectivity index (χ3n) is 3.27. The number of aromatic nitrogens is 4. The molecule has 0 aliphatic heterocycles. The smallest absolute Gasteiger partial charge is 0.280 e. The van der Waals surface area contributed by atoms with E-state index in [0.29, 0.717) is 11.6 Å². The minimum atomic E-state index is -0.187. The fourth-order valence-electron chi connectivity index (χ4n) is 2.24. The van der Waals surface area contributed by atoms with E-state index in [9.17, 15) is 4.79 Å². The molecule has 0 radical (unpaired) electrons. The summed E-state index contributed by atoms with van der Waals surface area (Å²) in [7, 11) is 0. The van der Waals surface area contributed by atoms with Gasteiger partial charge < -0.3 is 10.3 Å². The van der Waals surface area contributed by atoms with Gasteiger partial charge in [-0.2, -0.15) is 0 Å². The van der Waals surface area contributed by atoms with E-state index in [1.165, 1.54) is 11.3 Å². The predicted molar refractivity (Wildman–Crippen MR) is 84.7 cm³/mol. The van der Waals surface area contributed by atoms with Crippen LogP contribution in [0.5, 0.6) is 0 Å². The van der Waals surface area contributed by atoms with E-state index in [1.54, 1.807) is 18.6 Å². The molecular weight excluding hydrogens is 298 g/mol. The maximum absolute atomic E-state index is 12.2. The van der Waals surface area contributed by atoms with Crippen molar-refractivity contribution in [1.82, 2.24) is 25.3 Å². The summed E-state index contributed by atoms with van der Waals surface area (Å²) < 4.78 is 0.954. The Balaban J connectivity index is 1.51. The molecule has 4 heterocycles. The third-order valence-corrected chi connectivity index (χ3v) is 4.30. The summed E-state index contributed by atoms with van der Waals surface area (Å²) in [6.45, 7) is 0.406. The Morgan fingerprint density at radius 1 is 1.27 bits per heavy atom. The lowest BCUT2D eigenvalue weighted by Crippen LogP contribution is -2.22. The van der Waals surface area contributed by atoms with E-state index in [1.807, 2.05) is 24.3 Å². The summed E-state index contributed by atoms with van der Waals surface area (Å²) in [6.07, 6.45) is 5.10. The molecule has 0 aliphatic carbocycles. The topological polar surface area (TPSA) is 83.6 Å². The van der Waals surface area contributed by atoms with Crippen LogP contribution in [-0.2, 0) is 6.54 Å². The summed E-state index contributed by atoms with van der Waals surface area (Å²) in [5.41, 5.74) is 3.49. The largest absolute Gasteiger partial charge is 0.356 e. The van der Waals surface area contributed by atoms with Crippen molar-refractivity contribution in [2.75, 3.05) is 0 Å². The summed E-state index contributed by atoms with van der Waals surface area (Å²) >= 11 is 1.36. The second-order valence-corrected chi connectivity index (χ2v) is 5.81. The van der Waals surface area contributed by atoms with Crippen LogP contribution in [0, 0.1) is 0 Å². The van der Waals surface area contributed by atoms with E-state index < -0.39 is 0 Å². The Labute approximate surface area is 129 Å². The fraction of sp³-hybridized carbons (Fsp3) is 0.0667. The number of hydrogen-bond acceptors (Lipinski definition) is 5. The first-order valence-corrected chi connectivity index (χ1v) is 7.52. The van der Waals surface area contributed by atoms with Crippen molar-refractivity contribution in [1.29, 1.82) is 0 Å². The zero-order valence-electron chi connectivity index (χ0n) is 11.4. The molecule has 108 valence electrons. The van der Waals surface area contributed by atoms with Crippen LogP contribution < -0.4 is 5.32 Å². The molecule has 0 bridgehead atoms. The van der Waals surface area contributed by atoms with Gasteiger partial charge in [-0.1, -0.05) is 0 Å². The van der Waals surface area contributed by atoms with Crippen molar-refractivity contribution in [3.05, 3.63) is 53.6 Å². The van der Waals surface area contributed by atoms with Gasteiger partial charge in [0.1, 0.15) is 5.52 Å². The standard InChI is InChI=1S/C15H11N5OS/c21-14(15-20-12-8-16-5-3-13(12)22-15)18-7-9-6-11-10(19-9)2-1-4-17-11/h1-6,8,19H,7H2,(H,18,21). The maximum Gasteiger partial charge on any atom is 0.280 e. The Hall–Kier alpha value is -2.80. The first-order valence-electron chi connectivity index (χ1n) is 6.71. The predicted octanol–water partition coefficient (Wildman–Crippen LogP) is 2.50.